The van der Waals surface area contributed by atoms with Gasteiger partial charge in [-0.05, 0) is 44.2 Å². The van der Waals surface area contributed by atoms with Crippen LogP contribution in [-0.2, 0) is 9.47 Å². The van der Waals surface area contributed by atoms with E-state index < -0.39 is 0 Å². The van der Waals surface area contributed by atoms with Gasteiger partial charge in [0.1, 0.15) is 0 Å². The zero-order valence-electron chi connectivity index (χ0n) is 13.4. The molecule has 0 rings (SSSR count). The zero-order chi connectivity index (χ0) is 14.5. The highest BCUT2D eigenvalue weighted by molar-refractivity contribution is 4.66. The Morgan fingerprint density at radius 3 is 2.21 bits per heavy atom. The van der Waals surface area contributed by atoms with Crippen LogP contribution in [0.2, 0.25) is 0 Å². The molecule has 0 aliphatic carbocycles. The Bertz CT molecular complexity index is 189. The highest BCUT2D eigenvalue weighted by atomic mass is 16.5. The minimum Gasteiger partial charge on any atom is -0.385 e. The highest BCUT2D eigenvalue weighted by Gasteiger charge is 2.12. The van der Waals surface area contributed by atoms with Gasteiger partial charge in [-0.2, -0.15) is 0 Å². The summed E-state index contributed by atoms with van der Waals surface area (Å²) in [6, 6.07) is 0. The van der Waals surface area contributed by atoms with Crippen LogP contribution in [0.15, 0.2) is 0 Å². The largest absolute Gasteiger partial charge is 0.385 e. The predicted octanol–water partition coefficient (Wildman–Crippen LogP) is 1.98. The number of hydrogen-bond acceptors (Lipinski definition) is 4. The topological polar surface area (TPSA) is 47.7 Å². The van der Waals surface area contributed by atoms with Gasteiger partial charge in [0, 0.05) is 33.9 Å². The molecule has 2 N–H and O–H groups in total. The first-order valence-corrected chi connectivity index (χ1v) is 7.54. The second-order valence-corrected chi connectivity index (χ2v) is 5.70. The van der Waals surface area contributed by atoms with E-state index in [0.29, 0.717) is 5.92 Å². The smallest absolute Gasteiger partial charge is 0.0589 e. The Morgan fingerprint density at radius 2 is 1.68 bits per heavy atom. The maximum absolute atomic E-state index is 5.87. The van der Waals surface area contributed by atoms with E-state index in [-0.39, 0.29) is 0 Å². The molecular weight excluding hydrogens is 240 g/mol. The summed E-state index contributed by atoms with van der Waals surface area (Å²) in [7, 11) is 3.52. The first kappa shape index (κ1) is 18.8. The van der Waals surface area contributed by atoms with Gasteiger partial charge in [0.15, 0.2) is 0 Å². The van der Waals surface area contributed by atoms with Gasteiger partial charge in [0.2, 0.25) is 0 Å². The van der Waals surface area contributed by atoms with E-state index >= 15 is 0 Å². The van der Waals surface area contributed by atoms with E-state index in [4.69, 9.17) is 15.2 Å². The summed E-state index contributed by atoms with van der Waals surface area (Å²) in [6.45, 7) is 10.2. The third kappa shape index (κ3) is 11.4. The number of nitrogens with zero attached hydrogens (tertiary/aromatic N) is 1. The van der Waals surface area contributed by atoms with Crippen molar-refractivity contribution in [1.82, 2.24) is 4.90 Å². The molecule has 4 heteroatoms. The molecule has 0 saturated heterocycles. The molecule has 0 heterocycles. The third-order valence-electron chi connectivity index (χ3n) is 3.43. The number of methoxy groups -OCH3 is 2. The molecule has 0 fully saturated rings. The van der Waals surface area contributed by atoms with Crippen LogP contribution in [0, 0.1) is 11.8 Å². The van der Waals surface area contributed by atoms with E-state index in [0.717, 1.165) is 51.7 Å². The highest BCUT2D eigenvalue weighted by Crippen LogP contribution is 2.14. The van der Waals surface area contributed by atoms with Crippen LogP contribution < -0.4 is 5.73 Å². The Hall–Kier alpha value is -0.160. The lowest BCUT2D eigenvalue weighted by molar-refractivity contribution is 0.128. The number of nitrogens with two attached hydrogens (primary N) is 1. The van der Waals surface area contributed by atoms with Crippen molar-refractivity contribution in [3.63, 3.8) is 0 Å². The molecular formula is C15H34N2O2. The lowest BCUT2D eigenvalue weighted by Crippen LogP contribution is -2.32. The monoisotopic (exact) mass is 274 g/mol. The first-order valence-electron chi connectivity index (χ1n) is 7.54. The fourth-order valence-corrected chi connectivity index (χ4v) is 2.35. The second kappa shape index (κ2) is 12.9. The summed E-state index contributed by atoms with van der Waals surface area (Å²) >= 11 is 0. The molecule has 0 radical (unpaired) electrons. The molecule has 0 saturated carbocycles. The van der Waals surface area contributed by atoms with Crippen LogP contribution in [-0.4, -0.2) is 58.5 Å². The second-order valence-electron chi connectivity index (χ2n) is 5.70. The molecule has 1 atom stereocenters. The standard InChI is InChI=1S/C15H34N2O2/c1-14(2)12-15(13-16)6-8-17(9-11-19-4)7-5-10-18-3/h14-15H,5-13,16H2,1-4H3. The summed E-state index contributed by atoms with van der Waals surface area (Å²) in [4.78, 5) is 2.46. The van der Waals surface area contributed by atoms with Crippen molar-refractivity contribution in [3.8, 4) is 0 Å². The van der Waals surface area contributed by atoms with Gasteiger partial charge < -0.3 is 20.1 Å². The summed E-state index contributed by atoms with van der Waals surface area (Å²) in [5, 5.41) is 0. The molecule has 0 aliphatic heterocycles. The van der Waals surface area contributed by atoms with Crippen molar-refractivity contribution in [2.45, 2.75) is 33.1 Å². The van der Waals surface area contributed by atoms with Gasteiger partial charge in [-0.25, -0.2) is 0 Å². The minimum absolute atomic E-state index is 0.646. The van der Waals surface area contributed by atoms with E-state index in [1.54, 1.807) is 14.2 Å². The normalized spacial score (nSPS) is 13.4. The SMILES string of the molecule is COCCCN(CCOC)CCC(CN)CC(C)C. The van der Waals surface area contributed by atoms with Gasteiger partial charge >= 0.3 is 0 Å². The summed E-state index contributed by atoms with van der Waals surface area (Å²) in [5.41, 5.74) is 5.87. The Kier molecular flexibility index (Phi) is 12.7. The molecule has 0 aliphatic rings. The van der Waals surface area contributed by atoms with E-state index in [9.17, 15) is 0 Å². The molecule has 0 amide bonds. The molecule has 0 aromatic heterocycles. The van der Waals surface area contributed by atoms with Crippen LogP contribution in [0.4, 0.5) is 0 Å². The molecule has 116 valence electrons. The Morgan fingerprint density at radius 1 is 1.00 bits per heavy atom. The molecule has 19 heavy (non-hydrogen) atoms. The summed E-state index contributed by atoms with van der Waals surface area (Å²) in [5.74, 6) is 1.38. The maximum atomic E-state index is 5.87. The van der Waals surface area contributed by atoms with Crippen molar-refractivity contribution in [1.29, 1.82) is 0 Å². The average molecular weight is 274 g/mol. The van der Waals surface area contributed by atoms with Crippen LogP contribution in [0.3, 0.4) is 0 Å². The quantitative estimate of drug-likeness (QED) is 0.522. The molecule has 0 spiro atoms. The predicted molar refractivity (Wildman–Crippen MR) is 81.4 cm³/mol. The summed E-state index contributed by atoms with van der Waals surface area (Å²) < 4.78 is 10.3. The zero-order valence-corrected chi connectivity index (χ0v) is 13.4. The van der Waals surface area contributed by atoms with E-state index in [1.807, 2.05) is 0 Å². The molecule has 0 bridgehead atoms. The average Bonchev–Trinajstić information content (AvgIpc) is 2.39. The van der Waals surface area contributed by atoms with Crippen molar-refractivity contribution >= 4 is 0 Å². The van der Waals surface area contributed by atoms with Gasteiger partial charge in [0.25, 0.3) is 0 Å². The molecule has 0 aromatic carbocycles. The number of hydrogen-bond donors (Lipinski definition) is 1. The maximum Gasteiger partial charge on any atom is 0.0589 e. The van der Waals surface area contributed by atoms with Crippen molar-refractivity contribution < 1.29 is 9.47 Å². The first-order chi connectivity index (χ1) is 9.13. The van der Waals surface area contributed by atoms with Crippen LogP contribution in [0.1, 0.15) is 33.1 Å². The van der Waals surface area contributed by atoms with Crippen LogP contribution in [0.5, 0.6) is 0 Å². The van der Waals surface area contributed by atoms with Crippen LogP contribution in [0.25, 0.3) is 0 Å². The fraction of sp³-hybridized carbons (Fsp3) is 1.00. The van der Waals surface area contributed by atoms with E-state index in [1.165, 1.54) is 12.8 Å². The Balaban J connectivity index is 3.98. The third-order valence-corrected chi connectivity index (χ3v) is 3.43. The van der Waals surface area contributed by atoms with E-state index in [2.05, 4.69) is 18.7 Å². The molecule has 4 nitrogen and oxygen atoms in total. The fourth-order valence-electron chi connectivity index (χ4n) is 2.35. The number of rotatable bonds is 13. The molecule has 1 unspecified atom stereocenters. The van der Waals surface area contributed by atoms with Crippen molar-refractivity contribution in [2.75, 3.05) is 53.6 Å². The lowest BCUT2D eigenvalue weighted by Gasteiger charge is -2.25. The van der Waals surface area contributed by atoms with Gasteiger partial charge in [0.05, 0.1) is 6.61 Å². The lowest BCUT2D eigenvalue weighted by atomic mass is 9.94. The van der Waals surface area contributed by atoms with Gasteiger partial charge in [-0.15, -0.1) is 0 Å². The minimum atomic E-state index is 0.646. The van der Waals surface area contributed by atoms with Gasteiger partial charge in [-0.1, -0.05) is 13.8 Å². The van der Waals surface area contributed by atoms with Crippen molar-refractivity contribution in [3.05, 3.63) is 0 Å². The Labute approximate surface area is 119 Å². The summed E-state index contributed by atoms with van der Waals surface area (Å²) in [6.07, 6.45) is 3.50. The van der Waals surface area contributed by atoms with Crippen LogP contribution >= 0.6 is 0 Å². The van der Waals surface area contributed by atoms with Gasteiger partial charge in [-0.3, -0.25) is 0 Å². The van der Waals surface area contributed by atoms with Crippen molar-refractivity contribution in [2.24, 2.45) is 17.6 Å². The molecule has 0 aromatic rings. The number of ether oxygens (including phenoxy) is 2.